The Balaban J connectivity index is 2.14. The maximum absolute atomic E-state index is 13.3. The summed E-state index contributed by atoms with van der Waals surface area (Å²) in [5.41, 5.74) is 1.22. The number of nitrogens with zero attached hydrogens (tertiary/aromatic N) is 2. The molecule has 2 aromatic carbocycles. The molecule has 3 aromatic rings. The summed E-state index contributed by atoms with van der Waals surface area (Å²) >= 11 is 5.40. The lowest BCUT2D eigenvalue weighted by Gasteiger charge is -2.26. The molecule has 0 amide bonds. The number of nitrogens with one attached hydrogen (secondary N) is 1. The molecule has 0 aliphatic rings. The molecule has 0 spiro atoms. The van der Waals surface area contributed by atoms with Gasteiger partial charge in [-0.05, 0) is 68.0 Å². The zero-order valence-corrected chi connectivity index (χ0v) is 15.9. The van der Waals surface area contributed by atoms with Gasteiger partial charge in [0.2, 0.25) is 0 Å². The molecule has 0 saturated heterocycles. The van der Waals surface area contributed by atoms with E-state index in [-0.39, 0.29) is 5.82 Å². The quantitative estimate of drug-likeness (QED) is 0.673. The van der Waals surface area contributed by atoms with Crippen LogP contribution in [0.25, 0.3) is 5.69 Å². The Morgan fingerprint density at radius 2 is 1.69 bits per heavy atom. The van der Waals surface area contributed by atoms with Crippen LogP contribution in [0.5, 0.6) is 11.5 Å². The van der Waals surface area contributed by atoms with E-state index in [0.717, 1.165) is 11.3 Å². The van der Waals surface area contributed by atoms with E-state index in [1.54, 1.807) is 26.4 Å². The van der Waals surface area contributed by atoms with Gasteiger partial charge in [-0.3, -0.25) is 9.67 Å². The smallest absolute Gasteiger partial charge is 0.199 e. The fourth-order valence-electron chi connectivity index (χ4n) is 2.90. The average Bonchev–Trinajstić information content (AvgIpc) is 3.04. The average molecular weight is 373 g/mol. The van der Waals surface area contributed by atoms with Crippen molar-refractivity contribution in [3.63, 3.8) is 0 Å². The van der Waals surface area contributed by atoms with Gasteiger partial charge in [-0.1, -0.05) is 6.07 Å². The van der Waals surface area contributed by atoms with Crippen LogP contribution in [0, 0.1) is 10.6 Å². The third kappa shape index (κ3) is 3.10. The van der Waals surface area contributed by atoms with Gasteiger partial charge >= 0.3 is 0 Å². The van der Waals surface area contributed by atoms with E-state index in [9.17, 15) is 4.39 Å². The van der Waals surface area contributed by atoms with Crippen LogP contribution in [0.15, 0.2) is 42.5 Å². The van der Waals surface area contributed by atoms with Crippen LogP contribution < -0.4 is 9.47 Å². The summed E-state index contributed by atoms with van der Waals surface area (Å²) in [5.74, 6) is 1.70. The van der Waals surface area contributed by atoms with Crippen molar-refractivity contribution in [2.24, 2.45) is 0 Å². The first-order valence-corrected chi connectivity index (χ1v) is 8.45. The minimum Gasteiger partial charge on any atom is -0.493 e. The number of benzene rings is 2. The molecule has 1 heterocycles. The number of hydrogen-bond acceptors (Lipinski definition) is 4. The molecular weight excluding hydrogens is 353 g/mol. The third-order valence-electron chi connectivity index (χ3n) is 4.42. The van der Waals surface area contributed by atoms with Crippen molar-refractivity contribution in [3.8, 4) is 17.2 Å². The van der Waals surface area contributed by atoms with Crippen molar-refractivity contribution >= 4 is 12.2 Å². The van der Waals surface area contributed by atoms with Crippen LogP contribution in [0.4, 0.5) is 4.39 Å². The molecule has 1 aromatic heterocycles. The van der Waals surface area contributed by atoms with Crippen LogP contribution in [0.1, 0.15) is 25.2 Å². The summed E-state index contributed by atoms with van der Waals surface area (Å²) < 4.78 is 26.3. The van der Waals surface area contributed by atoms with Gasteiger partial charge in [-0.25, -0.2) is 4.39 Å². The monoisotopic (exact) mass is 373 g/mol. The number of hydrogen-bond donors (Lipinski definition) is 1. The van der Waals surface area contributed by atoms with Gasteiger partial charge in [0.1, 0.15) is 11.6 Å². The first-order valence-electron chi connectivity index (χ1n) is 8.05. The fourth-order valence-corrected chi connectivity index (χ4v) is 3.14. The SMILES string of the molecule is COc1ccc(C(C)(C)c2n[nH]c(=S)n2-c2ccc(F)cc2)cc1OC. The van der Waals surface area contributed by atoms with Crippen molar-refractivity contribution in [3.05, 3.63) is 64.4 Å². The standard InChI is InChI=1S/C19H20FN3O2S/c1-19(2,12-5-10-15(24-3)16(11-12)25-4)17-21-22-18(26)23(17)14-8-6-13(20)7-9-14/h5-11H,1-4H3,(H,22,26). The van der Waals surface area contributed by atoms with E-state index in [0.29, 0.717) is 22.1 Å². The van der Waals surface area contributed by atoms with Crippen molar-refractivity contribution in [1.29, 1.82) is 0 Å². The number of methoxy groups -OCH3 is 2. The molecule has 3 rings (SSSR count). The summed E-state index contributed by atoms with van der Waals surface area (Å²) in [5, 5.41) is 7.28. The Bertz CT molecular complexity index is 977. The first kappa shape index (κ1) is 18.1. The highest BCUT2D eigenvalue weighted by Gasteiger charge is 2.30. The van der Waals surface area contributed by atoms with E-state index < -0.39 is 5.41 Å². The highest BCUT2D eigenvalue weighted by molar-refractivity contribution is 7.71. The molecule has 136 valence electrons. The summed E-state index contributed by atoms with van der Waals surface area (Å²) in [6.07, 6.45) is 0. The van der Waals surface area contributed by atoms with E-state index in [1.165, 1.54) is 12.1 Å². The predicted molar refractivity (Wildman–Crippen MR) is 100 cm³/mol. The molecule has 0 aliphatic heterocycles. The highest BCUT2D eigenvalue weighted by Crippen LogP contribution is 2.37. The van der Waals surface area contributed by atoms with Gasteiger partial charge in [0.15, 0.2) is 16.3 Å². The molecule has 7 heteroatoms. The van der Waals surface area contributed by atoms with Gasteiger partial charge in [0.05, 0.1) is 19.6 Å². The van der Waals surface area contributed by atoms with Crippen LogP contribution in [0.2, 0.25) is 0 Å². The summed E-state index contributed by atoms with van der Waals surface area (Å²) in [6, 6.07) is 11.9. The number of ether oxygens (including phenoxy) is 2. The number of aromatic nitrogens is 3. The first-order chi connectivity index (χ1) is 12.4. The zero-order chi connectivity index (χ0) is 18.9. The number of rotatable bonds is 5. The van der Waals surface area contributed by atoms with E-state index in [1.807, 2.05) is 36.6 Å². The zero-order valence-electron chi connectivity index (χ0n) is 15.0. The lowest BCUT2D eigenvalue weighted by Crippen LogP contribution is -2.24. The maximum atomic E-state index is 13.3. The molecule has 0 radical (unpaired) electrons. The summed E-state index contributed by atoms with van der Waals surface area (Å²) in [7, 11) is 3.20. The van der Waals surface area contributed by atoms with Gasteiger partial charge < -0.3 is 9.47 Å². The Hall–Kier alpha value is -2.67. The number of halogens is 1. The van der Waals surface area contributed by atoms with Crippen molar-refractivity contribution in [2.75, 3.05) is 14.2 Å². The minimum absolute atomic E-state index is 0.301. The highest BCUT2D eigenvalue weighted by atomic mass is 32.1. The molecule has 0 aliphatic carbocycles. The molecular formula is C19H20FN3O2S. The Labute approximate surface area is 156 Å². The van der Waals surface area contributed by atoms with Gasteiger partial charge in [-0.15, -0.1) is 0 Å². The van der Waals surface area contributed by atoms with Gasteiger partial charge in [0, 0.05) is 5.69 Å². The Kier molecular flexibility index (Phi) is 4.82. The number of H-pyrrole nitrogens is 1. The van der Waals surface area contributed by atoms with Crippen molar-refractivity contribution in [2.45, 2.75) is 19.3 Å². The van der Waals surface area contributed by atoms with Crippen LogP contribution in [-0.4, -0.2) is 29.0 Å². The molecule has 0 fully saturated rings. The fraction of sp³-hybridized carbons (Fsp3) is 0.263. The second-order valence-electron chi connectivity index (χ2n) is 6.36. The normalized spacial score (nSPS) is 11.4. The largest absolute Gasteiger partial charge is 0.493 e. The lowest BCUT2D eigenvalue weighted by atomic mass is 9.83. The topological polar surface area (TPSA) is 52.1 Å². The molecule has 0 bridgehead atoms. The Morgan fingerprint density at radius 1 is 1.04 bits per heavy atom. The predicted octanol–water partition coefficient (Wildman–Crippen LogP) is 4.41. The Morgan fingerprint density at radius 3 is 2.31 bits per heavy atom. The number of aromatic amines is 1. The molecule has 26 heavy (non-hydrogen) atoms. The van der Waals surface area contributed by atoms with Gasteiger partial charge in [0.25, 0.3) is 0 Å². The second-order valence-corrected chi connectivity index (χ2v) is 6.75. The summed E-state index contributed by atoms with van der Waals surface area (Å²) in [6.45, 7) is 4.08. The van der Waals surface area contributed by atoms with Crippen LogP contribution in [0.3, 0.4) is 0 Å². The van der Waals surface area contributed by atoms with Crippen molar-refractivity contribution < 1.29 is 13.9 Å². The van der Waals surface area contributed by atoms with E-state index in [4.69, 9.17) is 21.7 Å². The van der Waals surface area contributed by atoms with Crippen molar-refractivity contribution in [1.82, 2.24) is 14.8 Å². The molecule has 1 N–H and O–H groups in total. The third-order valence-corrected chi connectivity index (χ3v) is 4.70. The second kappa shape index (κ2) is 6.92. The van der Waals surface area contributed by atoms with E-state index >= 15 is 0 Å². The molecule has 0 unspecified atom stereocenters. The lowest BCUT2D eigenvalue weighted by molar-refractivity contribution is 0.353. The minimum atomic E-state index is -0.499. The molecule has 0 atom stereocenters. The van der Waals surface area contributed by atoms with Crippen LogP contribution in [-0.2, 0) is 5.41 Å². The molecule has 5 nitrogen and oxygen atoms in total. The van der Waals surface area contributed by atoms with Gasteiger partial charge in [-0.2, -0.15) is 5.10 Å². The molecule has 0 saturated carbocycles. The summed E-state index contributed by atoms with van der Waals surface area (Å²) in [4.78, 5) is 0. The van der Waals surface area contributed by atoms with E-state index in [2.05, 4.69) is 10.2 Å². The maximum Gasteiger partial charge on any atom is 0.199 e. The van der Waals surface area contributed by atoms with Crippen LogP contribution >= 0.6 is 12.2 Å².